The van der Waals surface area contributed by atoms with Gasteiger partial charge < -0.3 is 9.26 Å². The number of nitrogens with zero attached hydrogens (tertiary/aromatic N) is 2. The van der Waals surface area contributed by atoms with Crippen molar-refractivity contribution in [3.63, 3.8) is 0 Å². The predicted molar refractivity (Wildman–Crippen MR) is 122 cm³/mol. The summed E-state index contributed by atoms with van der Waals surface area (Å²) >= 11 is 0. The second-order valence-electron chi connectivity index (χ2n) is 9.10. The molecule has 2 atom stereocenters. The molecular formula is C20H39N3O5SSi. The first-order chi connectivity index (χ1) is 13.7. The van der Waals surface area contributed by atoms with Gasteiger partial charge in [0.15, 0.2) is 0 Å². The zero-order valence-corrected chi connectivity index (χ0v) is 21.3. The maximum absolute atomic E-state index is 13.1. The molecule has 0 amide bonds. The molecule has 0 bridgehead atoms. The van der Waals surface area contributed by atoms with Gasteiger partial charge >= 0.3 is 5.97 Å². The SMILES string of the molecule is C=CCOC(=O)C(/C=C(\C)CNS(=O)(=O)N(C)C)[Si](C)(ON1CCCC1)C(C)(C)C. The molecule has 0 aliphatic carbocycles. The molecule has 2 unspecified atom stereocenters. The van der Waals surface area contributed by atoms with E-state index < -0.39 is 24.1 Å². The average Bonchev–Trinajstić information content (AvgIpc) is 3.14. The first kappa shape index (κ1) is 27.0. The molecule has 1 saturated heterocycles. The quantitative estimate of drug-likeness (QED) is 0.289. The van der Waals surface area contributed by atoms with Gasteiger partial charge in [-0.3, -0.25) is 4.79 Å². The van der Waals surface area contributed by atoms with E-state index in [1.807, 2.05) is 11.1 Å². The molecule has 0 aromatic rings. The van der Waals surface area contributed by atoms with Crippen LogP contribution in [0.3, 0.4) is 0 Å². The van der Waals surface area contributed by atoms with Gasteiger partial charge in [-0.15, -0.1) is 0 Å². The van der Waals surface area contributed by atoms with Gasteiger partial charge in [-0.1, -0.05) is 45.1 Å². The van der Waals surface area contributed by atoms with E-state index in [0.29, 0.717) is 0 Å². The number of nitrogens with one attached hydrogen (secondary N) is 1. The Morgan fingerprint density at radius 3 is 2.33 bits per heavy atom. The number of carbonyl (C=O) groups is 1. The summed E-state index contributed by atoms with van der Waals surface area (Å²) in [4.78, 5) is 13.1. The summed E-state index contributed by atoms with van der Waals surface area (Å²) in [6.07, 6.45) is 5.49. The number of esters is 1. The molecule has 0 aromatic carbocycles. The monoisotopic (exact) mass is 461 g/mol. The number of hydrogen-bond acceptors (Lipinski definition) is 6. The van der Waals surface area contributed by atoms with Gasteiger partial charge in [0.25, 0.3) is 10.2 Å². The van der Waals surface area contributed by atoms with Crippen molar-refractivity contribution in [1.82, 2.24) is 14.1 Å². The van der Waals surface area contributed by atoms with Gasteiger partial charge in [0, 0.05) is 33.7 Å². The molecule has 0 spiro atoms. The van der Waals surface area contributed by atoms with Gasteiger partial charge in [0.2, 0.25) is 8.32 Å². The summed E-state index contributed by atoms with van der Waals surface area (Å²) in [5.74, 6) is -0.368. The highest BCUT2D eigenvalue weighted by atomic mass is 32.2. The van der Waals surface area contributed by atoms with Crippen molar-refractivity contribution in [3.05, 3.63) is 24.3 Å². The van der Waals surface area contributed by atoms with Gasteiger partial charge in [-0.25, -0.2) is 5.06 Å². The third-order valence-corrected chi connectivity index (χ3v) is 12.2. The lowest BCUT2D eigenvalue weighted by Gasteiger charge is -2.44. The van der Waals surface area contributed by atoms with E-state index >= 15 is 0 Å². The Bertz CT molecular complexity index is 727. The van der Waals surface area contributed by atoms with Crippen molar-refractivity contribution in [2.45, 2.75) is 57.7 Å². The molecule has 1 aliphatic rings. The van der Waals surface area contributed by atoms with Gasteiger partial charge in [-0.05, 0) is 31.4 Å². The maximum atomic E-state index is 13.1. The van der Waals surface area contributed by atoms with Crippen molar-refractivity contribution in [1.29, 1.82) is 0 Å². The van der Waals surface area contributed by atoms with Crippen molar-refractivity contribution in [2.24, 2.45) is 0 Å². The Morgan fingerprint density at radius 2 is 1.87 bits per heavy atom. The number of ether oxygens (including phenoxy) is 1. The third-order valence-electron chi connectivity index (χ3n) is 5.53. The Morgan fingerprint density at radius 1 is 1.30 bits per heavy atom. The lowest BCUT2D eigenvalue weighted by Crippen LogP contribution is -2.54. The number of hydroxylamine groups is 2. The Hall–Kier alpha value is -1.04. The highest BCUT2D eigenvalue weighted by Gasteiger charge is 2.53. The standard InChI is InChI=1S/C20H39N3O5SSi/c1-9-14-27-19(24)18(15-17(2)16-21-29(25,26)22(6)7)30(8,20(3,4)5)28-23-12-10-11-13-23/h9,15,18,21H,1,10-14,16H2,2-8H3/b17-15+. The molecule has 1 N–H and O–H groups in total. The minimum atomic E-state index is -3.56. The zero-order valence-electron chi connectivity index (χ0n) is 19.5. The van der Waals surface area contributed by atoms with Crippen molar-refractivity contribution < 1.29 is 22.5 Å². The van der Waals surface area contributed by atoms with Gasteiger partial charge in [0.1, 0.15) is 6.61 Å². The topological polar surface area (TPSA) is 88.2 Å². The summed E-state index contributed by atoms with van der Waals surface area (Å²) in [5, 5.41) is 1.70. The minimum Gasteiger partial charge on any atom is -0.461 e. The van der Waals surface area contributed by atoms with E-state index in [1.54, 1.807) is 6.92 Å². The Labute approximate surface area is 183 Å². The highest BCUT2D eigenvalue weighted by Crippen LogP contribution is 2.46. The Balaban J connectivity index is 3.26. The molecule has 1 fully saturated rings. The average molecular weight is 462 g/mol. The first-order valence-corrected chi connectivity index (χ1v) is 14.2. The summed E-state index contributed by atoms with van der Waals surface area (Å²) in [5.41, 5.74) is 0.135. The van der Waals surface area contributed by atoms with Crippen LogP contribution >= 0.6 is 0 Å². The van der Waals surface area contributed by atoms with Gasteiger partial charge in [0.05, 0.1) is 5.54 Å². The van der Waals surface area contributed by atoms with Crippen LogP contribution in [0.15, 0.2) is 24.3 Å². The second-order valence-corrected chi connectivity index (χ2v) is 15.6. The van der Waals surface area contributed by atoms with E-state index in [-0.39, 0.29) is 24.2 Å². The molecule has 0 aromatic heterocycles. The summed E-state index contributed by atoms with van der Waals surface area (Å²) < 4.78 is 39.7. The Kier molecular flexibility index (Phi) is 9.91. The van der Waals surface area contributed by atoms with Crippen LogP contribution in [0, 0.1) is 0 Å². The molecular weight excluding hydrogens is 422 g/mol. The second kappa shape index (κ2) is 11.0. The molecule has 30 heavy (non-hydrogen) atoms. The van der Waals surface area contributed by atoms with Crippen LogP contribution in [0.5, 0.6) is 0 Å². The number of carbonyl (C=O) groups excluding carboxylic acids is 1. The zero-order chi connectivity index (χ0) is 23.2. The van der Waals surface area contributed by atoms with Crippen LogP contribution in [0.25, 0.3) is 0 Å². The molecule has 1 rings (SSSR count). The van der Waals surface area contributed by atoms with Crippen LogP contribution < -0.4 is 4.72 Å². The fourth-order valence-corrected chi connectivity index (χ4v) is 6.91. The highest BCUT2D eigenvalue weighted by molar-refractivity contribution is 7.87. The van der Waals surface area contributed by atoms with E-state index in [9.17, 15) is 13.2 Å². The van der Waals surface area contributed by atoms with Crippen LogP contribution in [-0.4, -0.2) is 72.4 Å². The third kappa shape index (κ3) is 7.28. The van der Waals surface area contributed by atoms with Crippen LogP contribution in [0.4, 0.5) is 0 Å². The van der Waals surface area contributed by atoms with E-state index in [2.05, 4.69) is 38.6 Å². The van der Waals surface area contributed by atoms with Crippen LogP contribution in [0.1, 0.15) is 40.5 Å². The van der Waals surface area contributed by atoms with E-state index in [4.69, 9.17) is 9.26 Å². The van der Waals surface area contributed by atoms with Crippen molar-refractivity contribution in [2.75, 3.05) is 40.3 Å². The van der Waals surface area contributed by atoms with Crippen molar-refractivity contribution >= 4 is 24.5 Å². The van der Waals surface area contributed by atoms with Crippen LogP contribution in [0.2, 0.25) is 17.1 Å². The van der Waals surface area contributed by atoms with E-state index in [1.165, 1.54) is 20.2 Å². The smallest absolute Gasteiger partial charge is 0.312 e. The summed E-state index contributed by atoms with van der Waals surface area (Å²) in [6.45, 7) is 15.6. The van der Waals surface area contributed by atoms with Crippen molar-refractivity contribution in [3.8, 4) is 0 Å². The largest absolute Gasteiger partial charge is 0.461 e. The number of rotatable bonds is 11. The fraction of sp³-hybridized carbons (Fsp3) is 0.750. The lowest BCUT2D eigenvalue weighted by atomic mass is 10.2. The molecule has 1 heterocycles. The van der Waals surface area contributed by atoms with Crippen LogP contribution in [-0.2, 0) is 24.3 Å². The predicted octanol–water partition coefficient (Wildman–Crippen LogP) is 2.83. The summed E-state index contributed by atoms with van der Waals surface area (Å²) in [7, 11) is -3.40. The summed E-state index contributed by atoms with van der Waals surface area (Å²) in [6, 6.07) is 0. The molecule has 0 radical (unpaired) electrons. The molecule has 174 valence electrons. The van der Waals surface area contributed by atoms with E-state index in [0.717, 1.165) is 35.8 Å². The van der Waals surface area contributed by atoms with Gasteiger partial charge in [-0.2, -0.15) is 17.4 Å². The fourth-order valence-electron chi connectivity index (χ4n) is 3.07. The maximum Gasteiger partial charge on any atom is 0.312 e. The molecule has 10 heteroatoms. The molecule has 0 saturated carbocycles. The minimum absolute atomic E-state index is 0.101. The lowest BCUT2D eigenvalue weighted by molar-refractivity contribution is -0.142. The molecule has 1 aliphatic heterocycles. The molecule has 8 nitrogen and oxygen atoms in total. The first-order valence-electron chi connectivity index (χ1n) is 10.3. The number of hydrogen-bond donors (Lipinski definition) is 1. The normalized spacial score (nSPS) is 19.5.